The molecule has 4 atom stereocenters. The van der Waals surface area contributed by atoms with Crippen LogP contribution in [-0.2, 0) is 16.0 Å². The van der Waals surface area contributed by atoms with Crippen molar-refractivity contribution in [3.05, 3.63) is 84.4 Å². The van der Waals surface area contributed by atoms with Gasteiger partial charge in [0.2, 0.25) is 0 Å². The summed E-state index contributed by atoms with van der Waals surface area (Å²) in [5.74, 6) is 0.201. The number of esters is 1. The maximum Gasteiger partial charge on any atom is 0.311 e. The predicted molar refractivity (Wildman–Crippen MR) is 128 cm³/mol. The zero-order valence-electron chi connectivity index (χ0n) is 19.5. The lowest BCUT2D eigenvalue weighted by Crippen LogP contribution is -2.47. The molecule has 3 heteroatoms. The molecule has 0 radical (unpaired) electrons. The van der Waals surface area contributed by atoms with E-state index in [1.165, 1.54) is 11.1 Å². The second-order valence-electron chi connectivity index (χ2n) is 9.73. The van der Waals surface area contributed by atoms with E-state index in [2.05, 4.69) is 73.0 Å². The van der Waals surface area contributed by atoms with Crippen LogP contribution in [0.3, 0.4) is 0 Å². The minimum atomic E-state index is -0.479. The summed E-state index contributed by atoms with van der Waals surface area (Å²) in [6.45, 7) is 12.9. The van der Waals surface area contributed by atoms with Crippen molar-refractivity contribution in [2.24, 2.45) is 11.8 Å². The van der Waals surface area contributed by atoms with Gasteiger partial charge in [0.25, 0.3) is 0 Å². The van der Waals surface area contributed by atoms with Crippen LogP contribution in [0.25, 0.3) is 0 Å². The fraction of sp³-hybridized carbons (Fsp3) is 0.464. The van der Waals surface area contributed by atoms with Crippen LogP contribution in [0, 0.1) is 11.8 Å². The molecule has 0 spiro atoms. The van der Waals surface area contributed by atoms with Gasteiger partial charge in [0.05, 0.1) is 5.92 Å². The molecule has 0 N–H and O–H groups in total. The predicted octanol–water partition coefficient (Wildman–Crippen LogP) is 6.21. The fourth-order valence-electron chi connectivity index (χ4n) is 4.95. The molecule has 2 aromatic carbocycles. The Hall–Kier alpha value is -2.39. The SMILES string of the molecule is C=CCN([C@H]1[C@H](Cc2ccccc2)CC[C@@H]1C(=O)OC(C)(C)C)[C@@H](C)c1ccccc1. The Morgan fingerprint density at radius 2 is 1.71 bits per heavy atom. The van der Waals surface area contributed by atoms with E-state index in [4.69, 9.17) is 4.74 Å². The summed E-state index contributed by atoms with van der Waals surface area (Å²) < 4.78 is 5.87. The summed E-state index contributed by atoms with van der Waals surface area (Å²) in [5.41, 5.74) is 2.11. The number of nitrogens with zero attached hydrogens (tertiary/aromatic N) is 1. The van der Waals surface area contributed by atoms with Crippen LogP contribution in [-0.4, -0.2) is 29.1 Å². The minimum absolute atomic E-state index is 0.0672. The van der Waals surface area contributed by atoms with Crippen LogP contribution in [0.2, 0.25) is 0 Å². The second kappa shape index (κ2) is 10.3. The standard InChI is InChI=1S/C28H37NO2/c1-6-19-29(21(2)23-15-11-8-12-16-23)26-24(20-22-13-9-7-10-14-22)17-18-25(26)27(30)31-28(3,4)5/h6-16,21,24-26H,1,17-20H2,2-5H3/t21-,24-,25-,26-/m0/s1. The number of ether oxygens (including phenoxy) is 1. The van der Waals surface area contributed by atoms with Gasteiger partial charge in [-0.15, -0.1) is 6.58 Å². The number of carbonyl (C=O) groups excluding carboxylic acids is 1. The van der Waals surface area contributed by atoms with Crippen LogP contribution in [0.15, 0.2) is 73.3 Å². The van der Waals surface area contributed by atoms with Gasteiger partial charge in [-0.3, -0.25) is 9.69 Å². The maximum absolute atomic E-state index is 13.3. The molecule has 1 aliphatic carbocycles. The highest BCUT2D eigenvalue weighted by molar-refractivity contribution is 5.74. The van der Waals surface area contributed by atoms with Crippen molar-refractivity contribution in [3.63, 3.8) is 0 Å². The lowest BCUT2D eigenvalue weighted by atomic mass is 9.88. The third kappa shape index (κ3) is 6.07. The fourth-order valence-corrected chi connectivity index (χ4v) is 4.95. The third-order valence-electron chi connectivity index (χ3n) is 6.30. The summed E-state index contributed by atoms with van der Waals surface area (Å²) >= 11 is 0. The van der Waals surface area contributed by atoms with E-state index in [1.54, 1.807) is 0 Å². The van der Waals surface area contributed by atoms with Crippen molar-refractivity contribution in [1.29, 1.82) is 0 Å². The summed E-state index contributed by atoms with van der Waals surface area (Å²) in [7, 11) is 0. The van der Waals surface area contributed by atoms with Crippen molar-refractivity contribution in [2.75, 3.05) is 6.54 Å². The number of carbonyl (C=O) groups is 1. The van der Waals surface area contributed by atoms with Crippen molar-refractivity contribution in [2.45, 2.75) is 64.6 Å². The number of benzene rings is 2. The molecule has 2 aromatic rings. The average molecular weight is 420 g/mol. The van der Waals surface area contributed by atoms with Crippen molar-refractivity contribution < 1.29 is 9.53 Å². The largest absolute Gasteiger partial charge is 0.460 e. The van der Waals surface area contributed by atoms with Gasteiger partial charge in [-0.05, 0) is 64.0 Å². The Labute approximate surface area is 188 Å². The highest BCUT2D eigenvalue weighted by Crippen LogP contribution is 2.41. The van der Waals surface area contributed by atoms with Crippen LogP contribution in [0.5, 0.6) is 0 Å². The highest BCUT2D eigenvalue weighted by atomic mass is 16.6. The Bertz CT molecular complexity index is 840. The molecule has 31 heavy (non-hydrogen) atoms. The van der Waals surface area contributed by atoms with Gasteiger partial charge in [-0.1, -0.05) is 66.7 Å². The van der Waals surface area contributed by atoms with Crippen molar-refractivity contribution in [3.8, 4) is 0 Å². The Morgan fingerprint density at radius 3 is 2.29 bits per heavy atom. The molecule has 0 bridgehead atoms. The maximum atomic E-state index is 13.3. The highest BCUT2D eigenvalue weighted by Gasteiger charge is 2.46. The zero-order valence-corrected chi connectivity index (χ0v) is 19.5. The molecule has 0 heterocycles. The Morgan fingerprint density at radius 1 is 1.10 bits per heavy atom. The van der Waals surface area contributed by atoms with E-state index in [-0.39, 0.29) is 24.0 Å². The van der Waals surface area contributed by atoms with E-state index in [9.17, 15) is 4.79 Å². The molecule has 1 fully saturated rings. The summed E-state index contributed by atoms with van der Waals surface area (Å²) in [6, 6.07) is 21.5. The van der Waals surface area contributed by atoms with Gasteiger partial charge >= 0.3 is 5.97 Å². The summed E-state index contributed by atoms with van der Waals surface area (Å²) in [6.07, 6.45) is 4.83. The number of rotatable bonds is 8. The zero-order chi connectivity index (χ0) is 22.4. The van der Waals surface area contributed by atoms with Gasteiger partial charge in [-0.25, -0.2) is 0 Å². The first kappa shape index (κ1) is 23.3. The topological polar surface area (TPSA) is 29.5 Å². The van der Waals surface area contributed by atoms with E-state index < -0.39 is 5.60 Å². The monoisotopic (exact) mass is 419 g/mol. The molecule has 1 saturated carbocycles. The van der Waals surface area contributed by atoms with E-state index >= 15 is 0 Å². The van der Waals surface area contributed by atoms with Crippen LogP contribution in [0.1, 0.15) is 57.7 Å². The van der Waals surface area contributed by atoms with E-state index in [0.29, 0.717) is 5.92 Å². The lowest BCUT2D eigenvalue weighted by Gasteiger charge is -2.40. The van der Waals surface area contributed by atoms with Gasteiger partial charge in [0.15, 0.2) is 0 Å². The molecule has 0 amide bonds. The smallest absolute Gasteiger partial charge is 0.311 e. The molecule has 0 aliphatic heterocycles. The van der Waals surface area contributed by atoms with Crippen molar-refractivity contribution >= 4 is 5.97 Å². The lowest BCUT2D eigenvalue weighted by molar-refractivity contribution is -0.162. The molecule has 0 saturated heterocycles. The van der Waals surface area contributed by atoms with Crippen molar-refractivity contribution in [1.82, 2.24) is 4.90 Å². The Balaban J connectivity index is 1.94. The molecular weight excluding hydrogens is 382 g/mol. The molecule has 3 nitrogen and oxygen atoms in total. The first-order valence-electron chi connectivity index (χ1n) is 11.5. The first-order chi connectivity index (χ1) is 14.8. The van der Waals surface area contributed by atoms with Gasteiger partial charge in [0.1, 0.15) is 5.60 Å². The molecule has 0 unspecified atom stereocenters. The van der Waals surface area contributed by atoms with Crippen LogP contribution < -0.4 is 0 Å². The summed E-state index contributed by atoms with van der Waals surface area (Å²) in [4.78, 5) is 15.7. The van der Waals surface area contributed by atoms with E-state index in [1.807, 2.05) is 32.9 Å². The molecular formula is C28H37NO2. The van der Waals surface area contributed by atoms with Gasteiger partial charge in [-0.2, -0.15) is 0 Å². The normalized spacial score (nSPS) is 22.3. The Kier molecular flexibility index (Phi) is 7.72. The molecule has 1 aliphatic rings. The quantitative estimate of drug-likeness (QED) is 0.376. The second-order valence-corrected chi connectivity index (χ2v) is 9.73. The minimum Gasteiger partial charge on any atom is -0.460 e. The van der Waals surface area contributed by atoms with E-state index in [0.717, 1.165) is 25.8 Å². The molecule has 166 valence electrons. The third-order valence-corrected chi connectivity index (χ3v) is 6.30. The van der Waals surface area contributed by atoms with Crippen LogP contribution in [0.4, 0.5) is 0 Å². The van der Waals surface area contributed by atoms with Crippen LogP contribution >= 0.6 is 0 Å². The molecule has 3 rings (SSSR count). The number of hydrogen-bond acceptors (Lipinski definition) is 3. The number of hydrogen-bond donors (Lipinski definition) is 0. The molecule has 0 aromatic heterocycles. The van der Waals surface area contributed by atoms with Gasteiger partial charge < -0.3 is 4.74 Å². The van der Waals surface area contributed by atoms with Gasteiger partial charge in [0, 0.05) is 18.6 Å². The average Bonchev–Trinajstić information content (AvgIpc) is 3.15. The first-order valence-corrected chi connectivity index (χ1v) is 11.5. The summed E-state index contributed by atoms with van der Waals surface area (Å²) in [5, 5.41) is 0.